The van der Waals surface area contributed by atoms with Crippen LogP contribution in [0.2, 0.25) is 0 Å². The number of carbonyl (C=O) groups excluding carboxylic acids is 1. The number of anilines is 2. The summed E-state index contributed by atoms with van der Waals surface area (Å²) in [6, 6.07) is 13.4. The van der Waals surface area contributed by atoms with Crippen molar-refractivity contribution in [1.29, 1.82) is 0 Å². The number of phenols is 1. The van der Waals surface area contributed by atoms with E-state index in [0.29, 0.717) is 16.9 Å². The van der Waals surface area contributed by atoms with Crippen molar-refractivity contribution in [2.75, 3.05) is 17.7 Å². The quantitative estimate of drug-likeness (QED) is 0.794. The Hall–Kier alpha value is -2.49. The van der Waals surface area contributed by atoms with E-state index in [0.717, 1.165) is 0 Å². The van der Waals surface area contributed by atoms with Crippen molar-refractivity contribution in [3.8, 4) is 5.75 Å². The van der Waals surface area contributed by atoms with Gasteiger partial charge in [-0.25, -0.2) is 0 Å². The fourth-order valence-corrected chi connectivity index (χ4v) is 1.69. The number of rotatable bonds is 2. The van der Waals surface area contributed by atoms with Gasteiger partial charge in [-0.3, -0.25) is 4.79 Å². The van der Waals surface area contributed by atoms with Crippen LogP contribution in [0.1, 0.15) is 10.4 Å². The number of para-hydroxylation sites is 1. The normalized spacial score (nSPS) is 10.1. The van der Waals surface area contributed by atoms with Gasteiger partial charge in [0.1, 0.15) is 5.75 Å². The maximum atomic E-state index is 12.2. The second-order valence-corrected chi connectivity index (χ2v) is 3.97. The Balaban J connectivity index is 2.32. The SMILES string of the molecule is CN(C(=O)c1ccccc1N)c1cccc(O)c1. The third kappa shape index (κ3) is 2.27. The van der Waals surface area contributed by atoms with Gasteiger partial charge in [-0.15, -0.1) is 0 Å². The van der Waals surface area contributed by atoms with Gasteiger partial charge >= 0.3 is 0 Å². The van der Waals surface area contributed by atoms with Crippen LogP contribution in [0.4, 0.5) is 11.4 Å². The molecule has 2 aromatic rings. The van der Waals surface area contributed by atoms with E-state index < -0.39 is 0 Å². The lowest BCUT2D eigenvalue weighted by molar-refractivity contribution is 0.0994. The fraction of sp³-hybridized carbons (Fsp3) is 0.0714. The number of amides is 1. The Morgan fingerprint density at radius 3 is 2.56 bits per heavy atom. The maximum Gasteiger partial charge on any atom is 0.260 e. The Morgan fingerprint density at radius 2 is 1.89 bits per heavy atom. The second kappa shape index (κ2) is 4.79. The molecule has 0 heterocycles. The maximum absolute atomic E-state index is 12.2. The van der Waals surface area contributed by atoms with E-state index in [9.17, 15) is 9.90 Å². The molecular formula is C14H14N2O2. The van der Waals surface area contributed by atoms with Crippen molar-refractivity contribution >= 4 is 17.3 Å². The molecule has 0 atom stereocenters. The molecule has 4 heteroatoms. The van der Waals surface area contributed by atoms with Gasteiger partial charge in [0.15, 0.2) is 0 Å². The lowest BCUT2D eigenvalue weighted by atomic mass is 10.1. The van der Waals surface area contributed by atoms with Crippen molar-refractivity contribution in [1.82, 2.24) is 0 Å². The van der Waals surface area contributed by atoms with Gasteiger partial charge in [0.25, 0.3) is 5.91 Å². The molecule has 2 rings (SSSR count). The first-order valence-electron chi connectivity index (χ1n) is 5.51. The molecule has 3 N–H and O–H groups in total. The molecule has 0 aliphatic carbocycles. The molecule has 4 nitrogen and oxygen atoms in total. The van der Waals surface area contributed by atoms with Crippen molar-refractivity contribution < 1.29 is 9.90 Å². The summed E-state index contributed by atoms with van der Waals surface area (Å²) < 4.78 is 0. The zero-order valence-electron chi connectivity index (χ0n) is 10.00. The number of benzene rings is 2. The summed E-state index contributed by atoms with van der Waals surface area (Å²) in [5.74, 6) is -0.0908. The first-order valence-corrected chi connectivity index (χ1v) is 5.51. The number of carbonyl (C=O) groups is 1. The van der Waals surface area contributed by atoms with E-state index >= 15 is 0 Å². The van der Waals surface area contributed by atoms with Crippen LogP contribution in [0.3, 0.4) is 0 Å². The highest BCUT2D eigenvalue weighted by Gasteiger charge is 2.15. The minimum atomic E-state index is -0.210. The monoisotopic (exact) mass is 242 g/mol. The largest absolute Gasteiger partial charge is 0.508 e. The molecule has 0 spiro atoms. The summed E-state index contributed by atoms with van der Waals surface area (Å²) in [4.78, 5) is 13.7. The van der Waals surface area contributed by atoms with Crippen LogP contribution in [-0.2, 0) is 0 Å². The van der Waals surface area contributed by atoms with E-state index in [-0.39, 0.29) is 11.7 Å². The summed E-state index contributed by atoms with van der Waals surface area (Å²) in [6.45, 7) is 0. The van der Waals surface area contributed by atoms with Crippen molar-refractivity contribution in [2.24, 2.45) is 0 Å². The Kier molecular flexibility index (Phi) is 3.19. The topological polar surface area (TPSA) is 66.6 Å². The predicted molar refractivity (Wildman–Crippen MR) is 71.7 cm³/mol. The van der Waals surface area contributed by atoms with Crippen LogP contribution in [0, 0.1) is 0 Å². The smallest absolute Gasteiger partial charge is 0.260 e. The van der Waals surface area contributed by atoms with Crippen LogP contribution < -0.4 is 10.6 Å². The molecule has 0 radical (unpaired) electrons. The molecule has 0 saturated carbocycles. The first-order chi connectivity index (χ1) is 8.59. The molecule has 2 aromatic carbocycles. The predicted octanol–water partition coefficient (Wildman–Crippen LogP) is 2.25. The number of nitrogens with zero attached hydrogens (tertiary/aromatic N) is 1. The standard InChI is InChI=1S/C14H14N2O2/c1-16(10-5-4-6-11(17)9-10)14(18)12-7-2-3-8-13(12)15/h2-9,17H,15H2,1H3. The highest BCUT2D eigenvalue weighted by Crippen LogP contribution is 2.22. The number of hydrogen-bond donors (Lipinski definition) is 2. The number of phenolic OH excluding ortho intramolecular Hbond substituents is 1. The van der Waals surface area contributed by atoms with Crippen LogP contribution in [0.5, 0.6) is 5.75 Å². The summed E-state index contributed by atoms with van der Waals surface area (Å²) in [6.07, 6.45) is 0. The molecule has 0 aliphatic heterocycles. The van der Waals surface area contributed by atoms with Gasteiger partial charge in [0.05, 0.1) is 5.56 Å². The van der Waals surface area contributed by atoms with Gasteiger partial charge in [-0.2, -0.15) is 0 Å². The summed E-state index contributed by atoms with van der Waals surface area (Å²) in [7, 11) is 1.64. The lowest BCUT2D eigenvalue weighted by Gasteiger charge is -2.18. The molecule has 0 saturated heterocycles. The summed E-state index contributed by atoms with van der Waals surface area (Å²) >= 11 is 0. The Labute approximate surface area is 105 Å². The highest BCUT2D eigenvalue weighted by atomic mass is 16.3. The van der Waals surface area contributed by atoms with Crippen LogP contribution in [0.25, 0.3) is 0 Å². The molecule has 1 amide bonds. The lowest BCUT2D eigenvalue weighted by Crippen LogP contribution is -2.26. The van der Waals surface area contributed by atoms with Gasteiger partial charge in [0.2, 0.25) is 0 Å². The number of nitrogen functional groups attached to an aromatic ring is 1. The van der Waals surface area contributed by atoms with E-state index in [2.05, 4.69) is 0 Å². The van der Waals surface area contributed by atoms with Crippen molar-refractivity contribution in [2.45, 2.75) is 0 Å². The van der Waals surface area contributed by atoms with Gasteiger partial charge in [0, 0.05) is 24.5 Å². The summed E-state index contributed by atoms with van der Waals surface area (Å²) in [5, 5.41) is 9.41. The van der Waals surface area contributed by atoms with E-state index in [1.54, 1.807) is 49.5 Å². The molecule has 0 aromatic heterocycles. The van der Waals surface area contributed by atoms with Crippen molar-refractivity contribution in [3.63, 3.8) is 0 Å². The second-order valence-electron chi connectivity index (χ2n) is 3.97. The molecule has 0 unspecified atom stereocenters. The van der Waals surface area contributed by atoms with Gasteiger partial charge in [-0.1, -0.05) is 18.2 Å². The summed E-state index contributed by atoms with van der Waals surface area (Å²) in [5.41, 5.74) is 7.27. The average molecular weight is 242 g/mol. The molecule has 0 aliphatic rings. The minimum absolute atomic E-state index is 0.119. The van der Waals surface area contributed by atoms with E-state index in [1.807, 2.05) is 0 Å². The third-order valence-corrected chi connectivity index (χ3v) is 2.71. The number of aromatic hydroxyl groups is 1. The van der Waals surface area contributed by atoms with E-state index in [1.165, 1.54) is 11.0 Å². The highest BCUT2D eigenvalue weighted by molar-refractivity contribution is 6.09. The van der Waals surface area contributed by atoms with Crippen LogP contribution >= 0.6 is 0 Å². The van der Waals surface area contributed by atoms with Crippen molar-refractivity contribution in [3.05, 3.63) is 54.1 Å². The zero-order chi connectivity index (χ0) is 13.1. The average Bonchev–Trinajstić information content (AvgIpc) is 2.37. The van der Waals surface area contributed by atoms with Gasteiger partial charge in [-0.05, 0) is 24.3 Å². The molecule has 0 fully saturated rings. The Morgan fingerprint density at radius 1 is 1.17 bits per heavy atom. The van der Waals surface area contributed by atoms with Crippen LogP contribution in [0.15, 0.2) is 48.5 Å². The molecule has 92 valence electrons. The zero-order valence-corrected chi connectivity index (χ0v) is 10.00. The van der Waals surface area contributed by atoms with Crippen LogP contribution in [-0.4, -0.2) is 18.1 Å². The van der Waals surface area contributed by atoms with E-state index in [4.69, 9.17) is 5.73 Å². The number of hydrogen-bond acceptors (Lipinski definition) is 3. The Bertz CT molecular complexity index is 582. The molecular weight excluding hydrogens is 228 g/mol. The van der Waals surface area contributed by atoms with Gasteiger partial charge < -0.3 is 15.7 Å². The minimum Gasteiger partial charge on any atom is -0.508 e. The molecule has 0 bridgehead atoms. The molecule has 18 heavy (non-hydrogen) atoms. The fourth-order valence-electron chi connectivity index (χ4n) is 1.69. The first kappa shape index (κ1) is 12.0. The third-order valence-electron chi connectivity index (χ3n) is 2.71. The number of nitrogens with two attached hydrogens (primary N) is 1.